The smallest absolute Gasteiger partial charge is 0.322 e. The molecule has 0 radical (unpaired) electrons. The maximum absolute atomic E-state index is 12.9. The highest BCUT2D eigenvalue weighted by Gasteiger charge is 2.48. The normalized spacial score (nSPS) is 18.4. The Morgan fingerprint density at radius 1 is 1.16 bits per heavy atom. The van der Waals surface area contributed by atoms with Crippen molar-refractivity contribution in [3.8, 4) is 0 Å². The van der Waals surface area contributed by atoms with Crippen LogP contribution in [-0.2, 0) is 22.6 Å². The number of imide groups is 1. The molecule has 166 valence electrons. The van der Waals surface area contributed by atoms with Crippen LogP contribution < -0.4 is 10.7 Å². The topological polar surface area (TPSA) is 94.6 Å². The summed E-state index contributed by atoms with van der Waals surface area (Å²) in [7, 11) is 1.79. The van der Waals surface area contributed by atoms with Gasteiger partial charge in [0.15, 0.2) is 0 Å². The average Bonchev–Trinajstić information content (AvgIpc) is 3.26. The van der Waals surface area contributed by atoms with Crippen LogP contribution in [0.1, 0.15) is 23.9 Å². The first-order valence-corrected chi connectivity index (χ1v) is 11.2. The fraction of sp³-hybridized carbons (Fsp3) is 0.304. The largest absolute Gasteiger partial charge is 0.344 e. The van der Waals surface area contributed by atoms with E-state index in [0.717, 1.165) is 25.8 Å². The van der Waals surface area contributed by atoms with Crippen LogP contribution in [0.5, 0.6) is 0 Å². The van der Waals surface area contributed by atoms with E-state index in [1.807, 2.05) is 54.6 Å². The average molecular weight is 452 g/mol. The summed E-state index contributed by atoms with van der Waals surface area (Å²) in [6.07, 6.45) is 1.07. The molecule has 1 atom stereocenters. The van der Waals surface area contributed by atoms with Crippen LogP contribution in [0.3, 0.4) is 0 Å². The summed E-state index contributed by atoms with van der Waals surface area (Å²) in [6.45, 7) is 2.19. The number of rotatable bonds is 8. The molecule has 1 saturated heterocycles. The molecule has 1 aliphatic rings. The van der Waals surface area contributed by atoms with Crippen LogP contribution in [0.2, 0.25) is 0 Å². The number of aromatic nitrogens is 1. The second kappa shape index (κ2) is 9.05. The third-order valence-electron chi connectivity index (χ3n) is 5.41. The number of thiazole rings is 1. The van der Waals surface area contributed by atoms with Crippen LogP contribution in [0.4, 0.5) is 4.79 Å². The SMILES string of the molecule is CN(CC(=O)NN1C(=O)NC(C)(CCc2ccccc2)C1=O)Cc1nc2ccccc2s1. The first-order chi connectivity index (χ1) is 15.3. The summed E-state index contributed by atoms with van der Waals surface area (Å²) in [6, 6.07) is 17.0. The Morgan fingerprint density at radius 2 is 1.88 bits per heavy atom. The molecule has 2 aromatic carbocycles. The van der Waals surface area contributed by atoms with E-state index in [1.54, 1.807) is 30.2 Å². The fourth-order valence-electron chi connectivity index (χ4n) is 3.67. The molecule has 3 aromatic rings. The van der Waals surface area contributed by atoms with Crippen molar-refractivity contribution in [2.75, 3.05) is 13.6 Å². The molecule has 1 fully saturated rings. The van der Waals surface area contributed by atoms with Crippen LogP contribution in [0.25, 0.3) is 10.2 Å². The summed E-state index contributed by atoms with van der Waals surface area (Å²) < 4.78 is 1.09. The highest BCUT2D eigenvalue weighted by Crippen LogP contribution is 2.23. The van der Waals surface area contributed by atoms with Crippen LogP contribution in [0.15, 0.2) is 54.6 Å². The summed E-state index contributed by atoms with van der Waals surface area (Å²) in [4.78, 5) is 44.1. The molecule has 1 aromatic heterocycles. The molecule has 0 spiro atoms. The van der Waals surface area contributed by atoms with Crippen molar-refractivity contribution in [1.82, 2.24) is 25.6 Å². The van der Waals surface area contributed by atoms with Gasteiger partial charge < -0.3 is 5.32 Å². The Bertz CT molecular complexity index is 1120. The van der Waals surface area contributed by atoms with Crippen molar-refractivity contribution in [2.45, 2.75) is 31.8 Å². The van der Waals surface area contributed by atoms with Gasteiger partial charge in [-0.05, 0) is 44.5 Å². The Labute approximate surface area is 190 Å². The van der Waals surface area contributed by atoms with E-state index >= 15 is 0 Å². The molecular weight excluding hydrogens is 426 g/mol. The zero-order chi connectivity index (χ0) is 22.7. The fourth-order valence-corrected chi connectivity index (χ4v) is 4.72. The van der Waals surface area contributed by atoms with Gasteiger partial charge in [-0.2, -0.15) is 5.01 Å². The number of para-hydroxylation sites is 1. The third kappa shape index (κ3) is 4.79. The first-order valence-electron chi connectivity index (χ1n) is 10.4. The Morgan fingerprint density at radius 3 is 2.62 bits per heavy atom. The van der Waals surface area contributed by atoms with Crippen molar-refractivity contribution in [2.24, 2.45) is 0 Å². The molecular formula is C23H25N5O3S. The number of carbonyl (C=O) groups is 3. The van der Waals surface area contributed by atoms with E-state index in [9.17, 15) is 14.4 Å². The van der Waals surface area contributed by atoms with Crippen molar-refractivity contribution < 1.29 is 14.4 Å². The molecule has 0 aliphatic carbocycles. The number of carbonyl (C=O) groups excluding carboxylic acids is 3. The lowest BCUT2D eigenvalue weighted by Crippen LogP contribution is -2.51. The highest BCUT2D eigenvalue weighted by atomic mass is 32.1. The standard InChI is InChI=1S/C23H25N5O3S/c1-23(13-12-16-8-4-3-5-9-16)21(30)28(22(31)25-23)26-19(29)14-27(2)15-20-24-17-10-6-7-11-18(17)32-20/h3-11H,12-15H2,1-2H3,(H,25,31)(H,26,29). The van der Waals surface area contributed by atoms with Gasteiger partial charge in [-0.1, -0.05) is 42.5 Å². The van der Waals surface area contributed by atoms with Crippen molar-refractivity contribution >= 4 is 39.4 Å². The number of nitrogens with zero attached hydrogens (tertiary/aromatic N) is 3. The van der Waals surface area contributed by atoms with E-state index in [1.165, 1.54) is 0 Å². The lowest BCUT2D eigenvalue weighted by molar-refractivity contribution is -0.139. The van der Waals surface area contributed by atoms with Crippen LogP contribution >= 0.6 is 11.3 Å². The molecule has 4 amide bonds. The van der Waals surface area contributed by atoms with Crippen LogP contribution in [-0.4, -0.2) is 51.9 Å². The molecule has 2 heterocycles. The summed E-state index contributed by atoms with van der Waals surface area (Å²) in [5, 5.41) is 4.40. The molecule has 1 unspecified atom stereocenters. The predicted molar refractivity (Wildman–Crippen MR) is 123 cm³/mol. The summed E-state index contributed by atoms with van der Waals surface area (Å²) in [5.74, 6) is -0.898. The van der Waals surface area contributed by atoms with Gasteiger partial charge >= 0.3 is 6.03 Å². The van der Waals surface area contributed by atoms with Gasteiger partial charge in [-0.25, -0.2) is 9.78 Å². The maximum Gasteiger partial charge on any atom is 0.344 e. The Kier molecular flexibility index (Phi) is 6.20. The zero-order valence-corrected chi connectivity index (χ0v) is 18.8. The molecule has 0 saturated carbocycles. The second-order valence-electron chi connectivity index (χ2n) is 8.17. The monoisotopic (exact) mass is 451 g/mol. The highest BCUT2D eigenvalue weighted by molar-refractivity contribution is 7.18. The molecule has 9 heteroatoms. The van der Waals surface area contributed by atoms with Gasteiger partial charge in [-0.3, -0.25) is 19.9 Å². The van der Waals surface area contributed by atoms with Crippen molar-refractivity contribution in [3.63, 3.8) is 0 Å². The molecule has 8 nitrogen and oxygen atoms in total. The van der Waals surface area contributed by atoms with E-state index < -0.39 is 23.4 Å². The summed E-state index contributed by atoms with van der Waals surface area (Å²) in [5.41, 5.74) is 3.40. The first kappa shape index (κ1) is 21.9. The molecule has 32 heavy (non-hydrogen) atoms. The Balaban J connectivity index is 1.32. The van der Waals surface area contributed by atoms with E-state index in [4.69, 9.17) is 0 Å². The minimum Gasteiger partial charge on any atom is -0.322 e. The van der Waals surface area contributed by atoms with Crippen LogP contribution in [0, 0.1) is 0 Å². The number of amides is 4. The van der Waals surface area contributed by atoms with Gasteiger partial charge in [0, 0.05) is 0 Å². The van der Waals surface area contributed by atoms with E-state index in [-0.39, 0.29) is 6.54 Å². The van der Waals surface area contributed by atoms with Crippen molar-refractivity contribution in [1.29, 1.82) is 0 Å². The van der Waals surface area contributed by atoms with Gasteiger partial charge in [0.05, 0.1) is 23.3 Å². The number of aryl methyl sites for hydroxylation is 1. The second-order valence-corrected chi connectivity index (χ2v) is 9.29. The lowest BCUT2D eigenvalue weighted by Gasteiger charge is -2.22. The molecule has 1 aliphatic heterocycles. The van der Waals surface area contributed by atoms with E-state index in [2.05, 4.69) is 15.7 Å². The van der Waals surface area contributed by atoms with Gasteiger partial charge in [0.1, 0.15) is 10.5 Å². The quantitative estimate of drug-likeness (QED) is 0.514. The number of hydrazine groups is 1. The Hall–Kier alpha value is -3.30. The molecule has 0 bridgehead atoms. The predicted octanol–water partition coefficient (Wildman–Crippen LogP) is 2.70. The number of nitrogens with one attached hydrogen (secondary N) is 2. The zero-order valence-electron chi connectivity index (χ0n) is 18.0. The minimum absolute atomic E-state index is 0.0215. The van der Waals surface area contributed by atoms with E-state index in [0.29, 0.717) is 19.4 Å². The number of fused-ring (bicyclic) bond motifs is 1. The lowest BCUT2D eigenvalue weighted by atomic mass is 9.93. The third-order valence-corrected chi connectivity index (χ3v) is 6.43. The molecule has 2 N–H and O–H groups in total. The van der Waals surface area contributed by atoms with Gasteiger partial charge in [0.25, 0.3) is 11.8 Å². The number of hydrogen-bond donors (Lipinski definition) is 2. The minimum atomic E-state index is -1.06. The number of likely N-dealkylation sites (N-methyl/N-ethyl adjacent to an activating group) is 1. The van der Waals surface area contributed by atoms with Crippen molar-refractivity contribution in [3.05, 3.63) is 65.2 Å². The number of hydrogen-bond acceptors (Lipinski definition) is 6. The van der Waals surface area contributed by atoms with Gasteiger partial charge in [0.2, 0.25) is 0 Å². The van der Waals surface area contributed by atoms with Gasteiger partial charge in [-0.15, -0.1) is 11.3 Å². The molecule has 4 rings (SSSR count). The number of benzene rings is 2. The number of urea groups is 1. The maximum atomic E-state index is 12.9. The summed E-state index contributed by atoms with van der Waals surface area (Å²) >= 11 is 1.58.